The molecule has 29 nitrogen and oxygen atoms in total. The summed E-state index contributed by atoms with van der Waals surface area (Å²) >= 11 is 0. The van der Waals surface area contributed by atoms with E-state index in [2.05, 4.69) is 110 Å². The van der Waals surface area contributed by atoms with Gasteiger partial charge in [0.25, 0.3) is 5.95 Å². The number of hydrogen-bond donors (Lipinski definition) is 3. The number of nitrogens with zero attached hydrogens (tertiary/aromatic N) is 26. The van der Waals surface area contributed by atoms with Crippen molar-refractivity contribution in [3.8, 4) is 35.8 Å². The third-order valence-electron chi connectivity index (χ3n) is 9.61. The molecule has 63 heavy (non-hydrogen) atoms. The number of aromatic amines is 3. The molecule has 0 fully saturated rings. The Hall–Kier alpha value is -9.98. The van der Waals surface area contributed by atoms with E-state index in [0.29, 0.717) is 68.6 Å². The summed E-state index contributed by atoms with van der Waals surface area (Å²) in [5.74, 6) is 1.54. The van der Waals surface area contributed by atoms with E-state index in [4.69, 9.17) is 9.97 Å². The lowest BCUT2D eigenvalue weighted by atomic mass is 10.3. The Bertz CT molecular complexity index is 3300. The molecule has 0 unspecified atom stereocenters. The van der Waals surface area contributed by atoms with Crippen LogP contribution in [0, 0.1) is 75.5 Å². The third kappa shape index (κ3) is 5.86. The number of nitrogens with one attached hydrogen (secondary N) is 3. The predicted octanol–water partition coefficient (Wildman–Crippen LogP) is 4.86. The van der Waals surface area contributed by atoms with Crippen LogP contribution in [0.5, 0.6) is 0 Å². The van der Waals surface area contributed by atoms with E-state index in [1.807, 2.05) is 0 Å². The first kappa shape index (κ1) is 37.3. The van der Waals surface area contributed by atoms with Gasteiger partial charge in [-0.05, 0) is 41.5 Å². The van der Waals surface area contributed by atoms with Crippen molar-refractivity contribution in [2.45, 2.75) is 41.5 Å². The molecular formula is C34H25N29. The molecule has 0 atom stereocenters. The number of aryl methyl sites for hydroxylation is 6. The van der Waals surface area contributed by atoms with Gasteiger partial charge in [0.2, 0.25) is 0 Å². The number of rotatable bonds is 9. The van der Waals surface area contributed by atoms with Gasteiger partial charge in [-0.15, -0.1) is 30.7 Å². The highest BCUT2D eigenvalue weighted by Gasteiger charge is 2.24. The topological polar surface area (TPSA) is 363 Å². The van der Waals surface area contributed by atoms with Crippen LogP contribution in [0.25, 0.3) is 34.5 Å². The molecule has 29 heteroatoms. The first-order valence-electron chi connectivity index (χ1n) is 18.4. The van der Waals surface area contributed by atoms with Crippen LogP contribution in [0.3, 0.4) is 0 Å². The number of H-pyrrole nitrogens is 3. The number of aromatic nitrogens is 20. The van der Waals surface area contributed by atoms with Crippen molar-refractivity contribution >= 4 is 51.5 Å². The summed E-state index contributed by atoms with van der Waals surface area (Å²) in [5, 5.41) is 105. The lowest BCUT2D eigenvalue weighted by Crippen LogP contribution is -2.11. The zero-order valence-electron chi connectivity index (χ0n) is 33.4. The molecule has 0 aliphatic carbocycles. The molecule has 10 rings (SSSR count). The molecule has 10 aromatic heterocycles. The van der Waals surface area contributed by atoms with Crippen molar-refractivity contribution < 1.29 is 0 Å². The second-order valence-corrected chi connectivity index (χ2v) is 13.6. The Kier molecular flexibility index (Phi) is 8.34. The fourth-order valence-electron chi connectivity index (χ4n) is 6.51. The van der Waals surface area contributed by atoms with Crippen molar-refractivity contribution in [2.24, 2.45) is 30.7 Å². The second kappa shape index (κ2) is 14.1. The van der Waals surface area contributed by atoms with Gasteiger partial charge < -0.3 is 0 Å². The second-order valence-electron chi connectivity index (χ2n) is 13.6. The summed E-state index contributed by atoms with van der Waals surface area (Å²) in [7, 11) is 0. The maximum Gasteiger partial charge on any atom is 0.256 e. The molecule has 10 aromatic rings. The first-order valence-corrected chi connectivity index (χ1v) is 18.4. The smallest absolute Gasteiger partial charge is 0.256 e. The molecule has 0 bridgehead atoms. The summed E-state index contributed by atoms with van der Waals surface area (Å²) in [6, 6.07) is 7.72. The summed E-state index contributed by atoms with van der Waals surface area (Å²) < 4.78 is 8.41. The Balaban J connectivity index is 1.16. The van der Waals surface area contributed by atoms with Crippen molar-refractivity contribution in [3.05, 3.63) is 75.9 Å². The SMILES string of the molecule is Cc1nn2c(C)n[nH]c2c1/N=N/c1c(C#N)cnn1-c1cc(-n2ncc(C#N)c2/N=N/c2c(C)nn3c(C)n[nH]c23)nc(-n2ncc(C#N)c2/N=N/c2c(C)nn3c(C)n[nH]c23)n1. The lowest BCUT2D eigenvalue weighted by Gasteiger charge is -2.10. The standard InChI is InChI=1S/C34H25N29/c1-14-25(31-52-43-17(4)58(31)55-14)46-49-28-20(8-35)11-38-61(28)23-7-24(62-29(21(9-36)12-39-62)50-47-26-15(2)56-59-18(5)44-53-32(26)59)42-34(41-23)63-30(22(10-37)13-40-63)51-48-27-16(3)57-60-19(6)45-54-33(27)60/h7,11-13,52-54H,1-6H3/b49-46+,50-47+,51-48+. The Labute approximate surface area is 349 Å². The van der Waals surface area contributed by atoms with Crippen LogP contribution in [-0.2, 0) is 0 Å². The van der Waals surface area contributed by atoms with E-state index in [1.54, 1.807) is 55.1 Å². The van der Waals surface area contributed by atoms with Gasteiger partial charge in [-0.2, -0.15) is 99.2 Å². The van der Waals surface area contributed by atoms with Crippen LogP contribution in [-0.4, -0.2) is 98.7 Å². The van der Waals surface area contributed by atoms with Gasteiger partial charge in [0.15, 0.2) is 63.1 Å². The average Bonchev–Trinajstić information content (AvgIpc) is 4.16. The van der Waals surface area contributed by atoms with Gasteiger partial charge in [-0.3, -0.25) is 15.3 Å². The van der Waals surface area contributed by atoms with Gasteiger partial charge >= 0.3 is 0 Å². The molecule has 0 aromatic carbocycles. The number of hydrogen-bond acceptors (Lipinski definition) is 20. The molecule has 306 valence electrons. The summed E-state index contributed by atoms with van der Waals surface area (Å²) in [6.45, 7) is 10.6. The fraction of sp³-hybridized carbons (Fsp3) is 0.176. The maximum absolute atomic E-state index is 10.2. The summed E-state index contributed by atoms with van der Waals surface area (Å²) in [6.07, 6.45) is 3.85. The zero-order valence-corrected chi connectivity index (χ0v) is 33.4. The Morgan fingerprint density at radius 1 is 0.476 bits per heavy atom. The maximum atomic E-state index is 10.2. The number of azo groups is 3. The van der Waals surface area contributed by atoms with E-state index >= 15 is 0 Å². The van der Waals surface area contributed by atoms with Crippen LogP contribution in [0.1, 0.15) is 51.2 Å². The van der Waals surface area contributed by atoms with Gasteiger partial charge in [0.05, 0.1) is 35.7 Å². The van der Waals surface area contributed by atoms with Crippen LogP contribution in [0.4, 0.5) is 34.5 Å². The molecule has 10 heterocycles. The van der Waals surface area contributed by atoms with Crippen LogP contribution in [0.15, 0.2) is 55.3 Å². The molecule has 0 spiro atoms. The van der Waals surface area contributed by atoms with Crippen LogP contribution < -0.4 is 0 Å². The fourth-order valence-corrected chi connectivity index (χ4v) is 6.51. The van der Waals surface area contributed by atoms with Gasteiger partial charge in [-0.1, -0.05) is 0 Å². The van der Waals surface area contributed by atoms with E-state index < -0.39 is 0 Å². The highest BCUT2D eigenvalue weighted by Crippen LogP contribution is 2.33. The largest absolute Gasteiger partial charge is 0.258 e. The van der Waals surface area contributed by atoms with Crippen molar-refractivity contribution in [1.82, 2.24) is 98.7 Å². The van der Waals surface area contributed by atoms with E-state index in [0.717, 1.165) is 0 Å². The summed E-state index contributed by atoms with van der Waals surface area (Å²) in [5.41, 5.74) is 4.26. The quantitative estimate of drug-likeness (QED) is 0.163. The first-order chi connectivity index (χ1) is 30.6. The number of nitriles is 3. The van der Waals surface area contributed by atoms with Crippen molar-refractivity contribution in [3.63, 3.8) is 0 Å². The normalized spacial score (nSPS) is 12.0. The van der Waals surface area contributed by atoms with E-state index in [1.165, 1.54) is 38.7 Å². The lowest BCUT2D eigenvalue weighted by molar-refractivity contribution is 0.746. The van der Waals surface area contributed by atoms with Gasteiger partial charge in [0.1, 0.15) is 52.4 Å². The van der Waals surface area contributed by atoms with Gasteiger partial charge in [0, 0.05) is 6.07 Å². The van der Waals surface area contributed by atoms with Gasteiger partial charge in [-0.25, -0.2) is 0 Å². The minimum atomic E-state index is -0.176. The van der Waals surface area contributed by atoms with Crippen molar-refractivity contribution in [2.75, 3.05) is 0 Å². The van der Waals surface area contributed by atoms with Crippen LogP contribution >= 0.6 is 0 Å². The Morgan fingerprint density at radius 2 is 0.810 bits per heavy atom. The predicted molar refractivity (Wildman–Crippen MR) is 211 cm³/mol. The number of fused-ring (bicyclic) bond motifs is 3. The highest BCUT2D eigenvalue weighted by atomic mass is 15.5. The minimum Gasteiger partial charge on any atom is -0.258 e. The summed E-state index contributed by atoms with van der Waals surface area (Å²) in [4.78, 5) is 9.52. The molecule has 0 radical (unpaired) electrons. The molecule has 0 aliphatic heterocycles. The molecule has 3 N–H and O–H groups in total. The minimum absolute atomic E-state index is 0.0118. The molecule has 0 amide bonds. The molecule has 0 saturated heterocycles. The highest BCUT2D eigenvalue weighted by molar-refractivity contribution is 5.68. The molecule has 0 aliphatic rings. The van der Waals surface area contributed by atoms with E-state index in [-0.39, 0.29) is 51.7 Å². The van der Waals surface area contributed by atoms with E-state index in [9.17, 15) is 15.8 Å². The monoisotopic (exact) mass is 839 g/mol. The Morgan fingerprint density at radius 3 is 1.16 bits per heavy atom. The average molecular weight is 840 g/mol. The third-order valence-corrected chi connectivity index (χ3v) is 9.61. The molecular weight excluding hydrogens is 815 g/mol. The van der Waals surface area contributed by atoms with Crippen molar-refractivity contribution in [1.29, 1.82) is 15.8 Å². The zero-order chi connectivity index (χ0) is 43.7. The molecule has 0 saturated carbocycles. The van der Waals surface area contributed by atoms with Crippen LogP contribution in [0.2, 0.25) is 0 Å².